The Bertz CT molecular complexity index is 515. The van der Waals surface area contributed by atoms with Crippen molar-refractivity contribution in [1.29, 1.82) is 0 Å². The zero-order valence-corrected chi connectivity index (χ0v) is 10.4. The van der Waals surface area contributed by atoms with Crippen LogP contribution in [0, 0.1) is 9.85 Å². The summed E-state index contributed by atoms with van der Waals surface area (Å²) < 4.78 is 4.71. The summed E-state index contributed by atoms with van der Waals surface area (Å²) in [5, 5.41) is 4.14. The van der Waals surface area contributed by atoms with E-state index >= 15 is 0 Å². The third-order valence-electron chi connectivity index (χ3n) is 2.19. The molecule has 0 spiro atoms. The first-order chi connectivity index (χ1) is 7.31. The highest BCUT2D eigenvalue weighted by molar-refractivity contribution is 14.1. The Labute approximate surface area is 102 Å². The molecule has 0 radical (unpaired) electrons. The number of hydrogen-bond donors (Lipinski definition) is 0. The van der Waals surface area contributed by atoms with Gasteiger partial charge in [0.1, 0.15) is 0 Å². The number of aryl methyl sites for hydroxylation is 1. The second kappa shape index (κ2) is 4.49. The lowest BCUT2D eigenvalue weighted by Gasteiger charge is -2.01. The molecule has 0 aliphatic carbocycles. The first-order valence-corrected chi connectivity index (χ1v) is 5.59. The van der Waals surface area contributed by atoms with E-state index in [1.54, 1.807) is 6.20 Å². The number of hydrogen-bond acceptors (Lipinski definition) is 1. The fourth-order valence-electron chi connectivity index (χ4n) is 1.44. The Hall–Kier alpha value is -1.28. The number of nitrogens with zero attached hydrogens (tertiary/aromatic N) is 2. The van der Waals surface area contributed by atoms with E-state index in [0.717, 1.165) is 16.8 Å². The van der Waals surface area contributed by atoms with Gasteiger partial charge in [-0.3, -0.25) is 4.68 Å². The molecule has 0 atom stereocenters. The minimum Gasteiger partial charge on any atom is -0.268 e. The molecule has 2 aromatic rings. The topological polar surface area (TPSA) is 17.8 Å². The van der Waals surface area contributed by atoms with E-state index in [0.29, 0.717) is 0 Å². The number of rotatable bonds is 1. The lowest BCUT2D eigenvalue weighted by molar-refractivity contribution is 0.776. The molecule has 1 heterocycles. The molecule has 0 aliphatic rings. The fourth-order valence-corrected chi connectivity index (χ4v) is 1.75. The highest BCUT2D eigenvalue weighted by atomic mass is 127. The Kier molecular flexibility index (Phi) is 3.07. The van der Waals surface area contributed by atoms with Crippen LogP contribution in [-0.2, 0) is 7.05 Å². The molecule has 0 aliphatic heterocycles. The highest BCUT2D eigenvalue weighted by Crippen LogP contribution is 2.18. The predicted molar refractivity (Wildman–Crippen MR) is 69.5 cm³/mol. The van der Waals surface area contributed by atoms with Crippen LogP contribution in [0.25, 0.3) is 11.3 Å². The van der Waals surface area contributed by atoms with Crippen LogP contribution in [0.2, 0.25) is 0 Å². The lowest BCUT2D eigenvalue weighted by atomic mass is 10.1. The average Bonchev–Trinajstić information content (AvgIpc) is 2.66. The van der Waals surface area contributed by atoms with E-state index in [1.165, 1.54) is 0 Å². The van der Waals surface area contributed by atoms with Crippen LogP contribution < -0.4 is 0 Å². The van der Waals surface area contributed by atoms with Gasteiger partial charge in [0, 0.05) is 41.4 Å². The molecule has 0 unspecified atom stereocenters. The smallest absolute Gasteiger partial charge is 0.0678 e. The summed E-state index contributed by atoms with van der Waals surface area (Å²) >= 11 is 2.04. The third kappa shape index (κ3) is 2.21. The number of halogens is 1. The van der Waals surface area contributed by atoms with Gasteiger partial charge in [0.15, 0.2) is 0 Å². The van der Waals surface area contributed by atoms with E-state index in [1.807, 2.05) is 52.5 Å². The molecule has 15 heavy (non-hydrogen) atoms. The summed E-state index contributed by atoms with van der Waals surface area (Å²) in [6, 6.07) is 10.2. The van der Waals surface area contributed by atoms with Gasteiger partial charge in [-0.1, -0.05) is 18.1 Å². The van der Waals surface area contributed by atoms with Crippen LogP contribution in [0.1, 0.15) is 5.56 Å². The molecule has 2 rings (SSSR count). The van der Waals surface area contributed by atoms with Gasteiger partial charge in [-0.05, 0) is 27.7 Å². The largest absolute Gasteiger partial charge is 0.268 e. The van der Waals surface area contributed by atoms with E-state index < -0.39 is 0 Å². The minimum atomic E-state index is 1.04. The number of aromatic nitrogens is 2. The van der Waals surface area contributed by atoms with Crippen molar-refractivity contribution in [3.63, 3.8) is 0 Å². The summed E-state index contributed by atoms with van der Waals surface area (Å²) in [5.41, 5.74) is 3.31. The van der Waals surface area contributed by atoms with Crippen molar-refractivity contribution in [3.8, 4) is 21.1 Å². The molecule has 0 saturated carbocycles. The van der Waals surface area contributed by atoms with E-state index in [9.17, 15) is 0 Å². The Morgan fingerprint density at radius 1 is 1.20 bits per heavy atom. The van der Waals surface area contributed by atoms with Gasteiger partial charge in [0.05, 0.1) is 5.69 Å². The summed E-state index contributed by atoms with van der Waals surface area (Å²) in [4.78, 5) is 0. The van der Waals surface area contributed by atoms with Gasteiger partial charge in [0.25, 0.3) is 0 Å². The summed E-state index contributed by atoms with van der Waals surface area (Å²) in [6.45, 7) is 0. The van der Waals surface area contributed by atoms with Crippen LogP contribution in [0.15, 0.2) is 36.5 Å². The summed E-state index contributed by atoms with van der Waals surface area (Å²) in [6.07, 6.45) is 1.80. The molecule has 0 N–H and O–H groups in total. The van der Waals surface area contributed by atoms with Gasteiger partial charge in [-0.15, -0.1) is 0 Å². The second-order valence-corrected chi connectivity index (χ2v) is 3.68. The maximum atomic E-state index is 4.14. The molecule has 0 bridgehead atoms. The van der Waals surface area contributed by atoms with E-state index in [2.05, 4.69) is 27.1 Å². The van der Waals surface area contributed by atoms with E-state index in [4.69, 9.17) is 0 Å². The first-order valence-electron chi connectivity index (χ1n) is 4.51. The van der Waals surface area contributed by atoms with Crippen molar-refractivity contribution in [2.75, 3.05) is 0 Å². The van der Waals surface area contributed by atoms with Gasteiger partial charge in [-0.25, -0.2) is 0 Å². The monoisotopic (exact) mass is 308 g/mol. The van der Waals surface area contributed by atoms with Crippen LogP contribution in [0.5, 0.6) is 0 Å². The quantitative estimate of drug-likeness (QED) is 0.585. The molecule has 3 heteroatoms. The first kappa shape index (κ1) is 10.2. The van der Waals surface area contributed by atoms with Gasteiger partial charge < -0.3 is 0 Å². The number of benzene rings is 1. The zero-order valence-electron chi connectivity index (χ0n) is 8.24. The van der Waals surface area contributed by atoms with E-state index in [-0.39, 0.29) is 0 Å². The SMILES string of the molecule is Cn1nccc1-c1ccc(C#CI)cc1. The van der Waals surface area contributed by atoms with Crippen LogP contribution in [-0.4, -0.2) is 9.78 Å². The molecule has 0 fully saturated rings. The van der Waals surface area contributed by atoms with Gasteiger partial charge >= 0.3 is 0 Å². The Morgan fingerprint density at radius 2 is 1.93 bits per heavy atom. The normalized spacial score (nSPS) is 9.47. The molecular weight excluding hydrogens is 299 g/mol. The maximum Gasteiger partial charge on any atom is 0.0678 e. The molecule has 2 nitrogen and oxygen atoms in total. The molecule has 1 aromatic carbocycles. The summed E-state index contributed by atoms with van der Waals surface area (Å²) in [5.74, 6) is 3.01. The standard InChI is InChI=1S/C12H9IN2/c1-15-12(7-9-14-15)11-4-2-10(3-5-11)6-8-13/h2-5,7,9H,1H3. The molecule has 74 valence electrons. The summed E-state index contributed by atoms with van der Waals surface area (Å²) in [7, 11) is 1.94. The molecule has 0 amide bonds. The zero-order chi connectivity index (χ0) is 10.7. The average molecular weight is 308 g/mol. The van der Waals surface area contributed by atoms with Crippen LogP contribution in [0.3, 0.4) is 0 Å². The highest BCUT2D eigenvalue weighted by Gasteiger charge is 2.00. The maximum absolute atomic E-state index is 4.14. The second-order valence-electron chi connectivity index (χ2n) is 3.14. The third-order valence-corrected chi connectivity index (χ3v) is 2.46. The lowest BCUT2D eigenvalue weighted by Crippen LogP contribution is -1.92. The van der Waals surface area contributed by atoms with Crippen LogP contribution in [0.4, 0.5) is 0 Å². The minimum absolute atomic E-state index is 1.04. The van der Waals surface area contributed by atoms with Crippen molar-refractivity contribution in [3.05, 3.63) is 42.1 Å². The van der Waals surface area contributed by atoms with Crippen molar-refractivity contribution in [1.82, 2.24) is 9.78 Å². The molecular formula is C12H9IN2. The predicted octanol–water partition coefficient (Wildman–Crippen LogP) is 2.83. The molecule has 0 saturated heterocycles. The van der Waals surface area contributed by atoms with Crippen molar-refractivity contribution in [2.45, 2.75) is 0 Å². The van der Waals surface area contributed by atoms with Gasteiger partial charge in [0.2, 0.25) is 0 Å². The van der Waals surface area contributed by atoms with Gasteiger partial charge in [-0.2, -0.15) is 5.10 Å². The van der Waals surface area contributed by atoms with Crippen molar-refractivity contribution in [2.24, 2.45) is 7.05 Å². The van der Waals surface area contributed by atoms with Crippen molar-refractivity contribution >= 4 is 22.6 Å². The van der Waals surface area contributed by atoms with Crippen molar-refractivity contribution < 1.29 is 0 Å². The molecule has 1 aromatic heterocycles. The van der Waals surface area contributed by atoms with Crippen LogP contribution >= 0.6 is 22.6 Å². The Balaban J connectivity index is 2.38. The Morgan fingerprint density at radius 3 is 2.47 bits per heavy atom. The fraction of sp³-hybridized carbons (Fsp3) is 0.0833.